The number of phenols is 1. The Morgan fingerprint density at radius 2 is 2.06 bits per heavy atom. The first-order valence-corrected chi connectivity index (χ1v) is 5.84. The van der Waals surface area contributed by atoms with Gasteiger partial charge in [-0.3, -0.25) is 4.79 Å². The summed E-state index contributed by atoms with van der Waals surface area (Å²) in [6, 6.07) is 1.81. The summed E-state index contributed by atoms with van der Waals surface area (Å²) in [5.74, 6) is -1.04. The number of aryl methyl sites for hydroxylation is 1. The molecular weight excluding hydrogens is 272 g/mol. The Kier molecular flexibility index (Phi) is 3.97. The van der Waals surface area contributed by atoms with Crippen LogP contribution in [0.3, 0.4) is 0 Å². The number of benzene rings is 1. The standard InChI is InChI=1S/C12H15BrO3/c1-6-5-10(13)9(8(3)11(6)14)4-7(2)12(15)16/h5,7,14H,4H2,1-3H3,(H,15,16). The van der Waals surface area contributed by atoms with Gasteiger partial charge in [-0.05, 0) is 43.0 Å². The second-order valence-corrected chi connectivity index (χ2v) is 4.93. The second kappa shape index (κ2) is 4.87. The van der Waals surface area contributed by atoms with E-state index in [1.54, 1.807) is 13.8 Å². The van der Waals surface area contributed by atoms with Crippen molar-refractivity contribution in [3.05, 3.63) is 27.2 Å². The van der Waals surface area contributed by atoms with E-state index in [-0.39, 0.29) is 5.75 Å². The van der Waals surface area contributed by atoms with Crippen molar-refractivity contribution >= 4 is 21.9 Å². The molecule has 1 aromatic rings. The summed E-state index contributed by atoms with van der Waals surface area (Å²) in [5, 5.41) is 18.7. The number of aliphatic carboxylic acids is 1. The van der Waals surface area contributed by atoms with Gasteiger partial charge in [0.2, 0.25) is 0 Å². The number of halogens is 1. The fraction of sp³-hybridized carbons (Fsp3) is 0.417. The summed E-state index contributed by atoms with van der Waals surface area (Å²) in [7, 11) is 0. The largest absolute Gasteiger partial charge is 0.507 e. The zero-order chi connectivity index (χ0) is 12.5. The zero-order valence-corrected chi connectivity index (χ0v) is 11.1. The lowest BCUT2D eigenvalue weighted by Crippen LogP contribution is -2.13. The van der Waals surface area contributed by atoms with Crippen LogP contribution in [0.4, 0.5) is 0 Å². The molecular formula is C12H15BrO3. The van der Waals surface area contributed by atoms with Crippen molar-refractivity contribution < 1.29 is 15.0 Å². The quantitative estimate of drug-likeness (QED) is 0.898. The van der Waals surface area contributed by atoms with Gasteiger partial charge < -0.3 is 10.2 Å². The highest BCUT2D eigenvalue weighted by Gasteiger charge is 2.17. The summed E-state index contributed by atoms with van der Waals surface area (Å²) >= 11 is 3.41. The molecule has 1 rings (SSSR count). The van der Waals surface area contributed by atoms with Crippen molar-refractivity contribution in [3.8, 4) is 5.75 Å². The van der Waals surface area contributed by atoms with Crippen LogP contribution in [0.1, 0.15) is 23.6 Å². The van der Waals surface area contributed by atoms with Crippen LogP contribution in [0.15, 0.2) is 10.5 Å². The molecule has 0 saturated heterocycles. The molecule has 0 saturated carbocycles. The highest BCUT2D eigenvalue weighted by molar-refractivity contribution is 9.10. The molecule has 0 fully saturated rings. The number of hydrogen-bond donors (Lipinski definition) is 2. The molecule has 0 amide bonds. The first kappa shape index (κ1) is 13.0. The van der Waals surface area contributed by atoms with Crippen LogP contribution in [0.25, 0.3) is 0 Å². The minimum Gasteiger partial charge on any atom is -0.507 e. The average molecular weight is 287 g/mol. The van der Waals surface area contributed by atoms with Crippen LogP contribution in [0.2, 0.25) is 0 Å². The summed E-state index contributed by atoms with van der Waals surface area (Å²) in [6.07, 6.45) is 0.412. The fourth-order valence-corrected chi connectivity index (χ4v) is 2.41. The van der Waals surface area contributed by atoms with Crippen LogP contribution in [0, 0.1) is 19.8 Å². The van der Waals surface area contributed by atoms with Crippen molar-refractivity contribution in [3.63, 3.8) is 0 Å². The number of carboxylic acid groups (broad SMARTS) is 1. The highest BCUT2D eigenvalue weighted by atomic mass is 79.9. The first-order valence-electron chi connectivity index (χ1n) is 5.05. The van der Waals surface area contributed by atoms with Gasteiger partial charge in [0.15, 0.2) is 0 Å². The predicted octanol–water partition coefficient (Wildman–Crippen LogP) is 3.03. The normalized spacial score (nSPS) is 12.5. The monoisotopic (exact) mass is 286 g/mol. The summed E-state index contributed by atoms with van der Waals surface area (Å²) in [5.41, 5.74) is 2.40. The van der Waals surface area contributed by atoms with E-state index < -0.39 is 11.9 Å². The Labute approximate surface area is 103 Å². The molecule has 88 valence electrons. The molecule has 0 aromatic heterocycles. The molecule has 4 heteroatoms. The molecule has 1 aromatic carbocycles. The van der Waals surface area contributed by atoms with Gasteiger partial charge in [-0.2, -0.15) is 0 Å². The molecule has 1 atom stereocenters. The first-order chi connectivity index (χ1) is 7.34. The zero-order valence-electron chi connectivity index (χ0n) is 9.54. The van der Waals surface area contributed by atoms with Crippen LogP contribution in [-0.4, -0.2) is 16.2 Å². The van der Waals surface area contributed by atoms with Gasteiger partial charge in [0.1, 0.15) is 5.75 Å². The Balaban J connectivity index is 3.14. The van der Waals surface area contributed by atoms with E-state index in [9.17, 15) is 9.90 Å². The van der Waals surface area contributed by atoms with E-state index in [0.29, 0.717) is 6.42 Å². The average Bonchev–Trinajstić information content (AvgIpc) is 2.20. The van der Waals surface area contributed by atoms with Crippen molar-refractivity contribution in [1.29, 1.82) is 0 Å². The lowest BCUT2D eigenvalue weighted by molar-refractivity contribution is -0.141. The van der Waals surface area contributed by atoms with Crippen molar-refractivity contribution in [2.75, 3.05) is 0 Å². The van der Waals surface area contributed by atoms with E-state index in [1.807, 2.05) is 13.0 Å². The maximum Gasteiger partial charge on any atom is 0.306 e. The van der Waals surface area contributed by atoms with Gasteiger partial charge in [0.05, 0.1) is 5.92 Å². The van der Waals surface area contributed by atoms with E-state index in [4.69, 9.17) is 5.11 Å². The molecule has 0 spiro atoms. The summed E-state index contributed by atoms with van der Waals surface area (Å²) < 4.78 is 0.855. The molecule has 0 aliphatic carbocycles. The predicted molar refractivity (Wildman–Crippen MR) is 65.8 cm³/mol. The number of hydrogen-bond acceptors (Lipinski definition) is 2. The van der Waals surface area contributed by atoms with Gasteiger partial charge in [0, 0.05) is 4.47 Å². The van der Waals surface area contributed by atoms with E-state index in [0.717, 1.165) is 21.2 Å². The molecule has 0 heterocycles. The Morgan fingerprint density at radius 3 is 2.56 bits per heavy atom. The SMILES string of the molecule is Cc1cc(Br)c(CC(C)C(=O)O)c(C)c1O. The molecule has 2 N–H and O–H groups in total. The topological polar surface area (TPSA) is 57.5 Å². The van der Waals surface area contributed by atoms with Gasteiger partial charge in [0.25, 0.3) is 0 Å². The van der Waals surface area contributed by atoms with Gasteiger partial charge in [-0.1, -0.05) is 22.9 Å². The van der Waals surface area contributed by atoms with Gasteiger partial charge >= 0.3 is 5.97 Å². The van der Waals surface area contributed by atoms with Crippen LogP contribution < -0.4 is 0 Å². The van der Waals surface area contributed by atoms with Crippen molar-refractivity contribution in [1.82, 2.24) is 0 Å². The number of rotatable bonds is 3. The highest BCUT2D eigenvalue weighted by Crippen LogP contribution is 2.32. The van der Waals surface area contributed by atoms with Crippen LogP contribution >= 0.6 is 15.9 Å². The van der Waals surface area contributed by atoms with Gasteiger partial charge in [-0.25, -0.2) is 0 Å². The van der Waals surface area contributed by atoms with E-state index in [2.05, 4.69) is 15.9 Å². The number of carboxylic acids is 1. The fourth-order valence-electron chi connectivity index (χ4n) is 1.61. The smallest absolute Gasteiger partial charge is 0.306 e. The number of phenolic OH excluding ortho intramolecular Hbond substituents is 1. The van der Waals surface area contributed by atoms with Crippen molar-refractivity contribution in [2.45, 2.75) is 27.2 Å². The Morgan fingerprint density at radius 1 is 1.50 bits per heavy atom. The maximum absolute atomic E-state index is 10.8. The van der Waals surface area contributed by atoms with Gasteiger partial charge in [-0.15, -0.1) is 0 Å². The number of aromatic hydroxyl groups is 1. The Bertz CT molecular complexity index is 427. The molecule has 1 unspecified atom stereocenters. The lowest BCUT2D eigenvalue weighted by Gasteiger charge is -2.14. The van der Waals surface area contributed by atoms with E-state index in [1.165, 1.54) is 0 Å². The minimum absolute atomic E-state index is 0.246. The third kappa shape index (κ3) is 2.55. The summed E-state index contributed by atoms with van der Waals surface area (Å²) in [4.78, 5) is 10.8. The Hall–Kier alpha value is -1.03. The molecule has 0 aliphatic heterocycles. The lowest BCUT2D eigenvalue weighted by atomic mass is 9.95. The van der Waals surface area contributed by atoms with Crippen LogP contribution in [0.5, 0.6) is 5.75 Å². The molecule has 0 bridgehead atoms. The van der Waals surface area contributed by atoms with Crippen molar-refractivity contribution in [2.24, 2.45) is 5.92 Å². The molecule has 16 heavy (non-hydrogen) atoms. The molecule has 0 radical (unpaired) electrons. The molecule has 3 nitrogen and oxygen atoms in total. The van der Waals surface area contributed by atoms with E-state index >= 15 is 0 Å². The number of carbonyl (C=O) groups is 1. The molecule has 0 aliphatic rings. The summed E-state index contributed by atoms with van der Waals surface area (Å²) in [6.45, 7) is 5.28. The second-order valence-electron chi connectivity index (χ2n) is 4.07. The maximum atomic E-state index is 10.8. The van der Waals surface area contributed by atoms with Crippen LogP contribution in [-0.2, 0) is 11.2 Å². The third-order valence-corrected chi connectivity index (χ3v) is 3.45. The third-order valence-electron chi connectivity index (χ3n) is 2.74. The minimum atomic E-state index is -0.827.